The van der Waals surface area contributed by atoms with Crippen LogP contribution in [-0.4, -0.2) is 16.3 Å². The van der Waals surface area contributed by atoms with Crippen molar-refractivity contribution in [2.75, 3.05) is 6.79 Å². The van der Waals surface area contributed by atoms with Crippen LogP contribution >= 0.6 is 11.8 Å². The molecule has 0 saturated heterocycles. The van der Waals surface area contributed by atoms with Crippen molar-refractivity contribution in [3.8, 4) is 5.75 Å². The van der Waals surface area contributed by atoms with Gasteiger partial charge in [0.25, 0.3) is 5.56 Å². The zero-order valence-corrected chi connectivity index (χ0v) is 18.3. The largest absolute Gasteiger partial charge is 0.467 e. The molecule has 2 heterocycles. The number of benzene rings is 3. The molecule has 4 aromatic rings. The van der Waals surface area contributed by atoms with Crippen LogP contribution < -0.4 is 10.3 Å². The number of hydrogen-bond donors (Lipinski definition) is 0. The highest BCUT2D eigenvalue weighted by molar-refractivity contribution is 7.98. The number of halogens is 1. The number of ether oxygens (including phenoxy) is 2. The molecule has 3 aromatic carbocycles. The van der Waals surface area contributed by atoms with Crippen molar-refractivity contribution >= 4 is 22.7 Å². The van der Waals surface area contributed by atoms with Crippen LogP contribution in [0.15, 0.2) is 76.7 Å². The quantitative estimate of drug-likeness (QED) is 0.306. The first-order chi connectivity index (χ1) is 15.6. The molecule has 0 amide bonds. The Kier molecular flexibility index (Phi) is 5.68. The number of aromatic nitrogens is 2. The molecule has 0 N–H and O–H groups in total. The highest BCUT2D eigenvalue weighted by Gasteiger charge is 2.21. The van der Waals surface area contributed by atoms with Crippen molar-refractivity contribution in [3.05, 3.63) is 99.6 Å². The Labute approximate surface area is 188 Å². The van der Waals surface area contributed by atoms with E-state index in [4.69, 9.17) is 14.5 Å². The van der Waals surface area contributed by atoms with Crippen LogP contribution in [0.5, 0.6) is 5.75 Å². The van der Waals surface area contributed by atoms with E-state index in [0.29, 0.717) is 39.7 Å². The number of para-hydroxylation sites is 1. The number of fused-ring (bicyclic) bond motifs is 2. The molecule has 1 atom stereocenters. The minimum Gasteiger partial charge on any atom is -0.467 e. The molecule has 5 rings (SSSR count). The third-order valence-electron chi connectivity index (χ3n) is 5.55. The van der Waals surface area contributed by atoms with E-state index in [9.17, 15) is 9.18 Å². The van der Waals surface area contributed by atoms with Gasteiger partial charge in [-0.1, -0.05) is 54.2 Å². The first-order valence-corrected chi connectivity index (χ1v) is 11.3. The predicted octanol–water partition coefficient (Wildman–Crippen LogP) is 5.30. The summed E-state index contributed by atoms with van der Waals surface area (Å²) in [5.41, 5.74) is 2.96. The standard InChI is InChI=1S/C25H21FN2O3S/c1-16(17-7-3-2-4-8-17)28-24(29)21-9-5-6-10-22(21)27-25(28)32-14-19-12-20(26)11-18-13-30-15-31-23(18)19/h2-12,16H,13-15H2,1H3. The zero-order valence-electron chi connectivity index (χ0n) is 17.5. The number of rotatable bonds is 5. The third-order valence-corrected chi connectivity index (χ3v) is 6.55. The molecule has 1 aliphatic heterocycles. The molecule has 0 bridgehead atoms. The molecule has 0 spiro atoms. The summed E-state index contributed by atoms with van der Waals surface area (Å²) in [6.45, 7) is 2.44. The second kappa shape index (κ2) is 8.76. The van der Waals surface area contributed by atoms with Crippen molar-refractivity contribution in [3.63, 3.8) is 0 Å². The summed E-state index contributed by atoms with van der Waals surface area (Å²) in [6, 6.07) is 19.9. The summed E-state index contributed by atoms with van der Waals surface area (Å²) in [5.74, 6) is 0.720. The van der Waals surface area contributed by atoms with Crippen LogP contribution in [0.25, 0.3) is 10.9 Å². The molecule has 1 unspecified atom stereocenters. The lowest BCUT2D eigenvalue weighted by atomic mass is 10.1. The van der Waals surface area contributed by atoms with Gasteiger partial charge in [-0.3, -0.25) is 9.36 Å². The van der Waals surface area contributed by atoms with E-state index in [1.54, 1.807) is 10.6 Å². The summed E-state index contributed by atoms with van der Waals surface area (Å²) in [6.07, 6.45) is 0. The average molecular weight is 449 g/mol. The fourth-order valence-corrected chi connectivity index (χ4v) is 5.00. The number of hydrogen-bond acceptors (Lipinski definition) is 5. The highest BCUT2D eigenvalue weighted by atomic mass is 32.2. The molecular formula is C25H21FN2O3S. The van der Waals surface area contributed by atoms with E-state index in [1.807, 2.05) is 55.5 Å². The van der Waals surface area contributed by atoms with Crippen LogP contribution in [0.1, 0.15) is 29.7 Å². The lowest BCUT2D eigenvalue weighted by Gasteiger charge is -2.22. The normalized spacial score (nSPS) is 14.1. The monoisotopic (exact) mass is 448 g/mol. The highest BCUT2D eigenvalue weighted by Crippen LogP contribution is 2.34. The molecule has 162 valence electrons. The fourth-order valence-electron chi connectivity index (χ4n) is 3.96. The van der Waals surface area contributed by atoms with E-state index < -0.39 is 0 Å². The van der Waals surface area contributed by atoms with Gasteiger partial charge in [-0.2, -0.15) is 0 Å². The van der Waals surface area contributed by atoms with Gasteiger partial charge in [0.1, 0.15) is 11.6 Å². The van der Waals surface area contributed by atoms with Gasteiger partial charge in [-0.25, -0.2) is 9.37 Å². The third kappa shape index (κ3) is 3.89. The molecule has 5 nitrogen and oxygen atoms in total. The SMILES string of the molecule is CC(c1ccccc1)n1c(SCc2cc(F)cc3c2OCOC3)nc2ccccc2c1=O. The molecule has 0 fully saturated rings. The van der Waals surface area contributed by atoms with Gasteiger partial charge in [0.2, 0.25) is 0 Å². The van der Waals surface area contributed by atoms with Gasteiger partial charge in [0.05, 0.1) is 23.6 Å². The Morgan fingerprint density at radius 1 is 1.12 bits per heavy atom. The Morgan fingerprint density at radius 2 is 1.91 bits per heavy atom. The zero-order chi connectivity index (χ0) is 22.1. The second-order valence-corrected chi connectivity index (χ2v) is 8.57. The second-order valence-electron chi connectivity index (χ2n) is 7.63. The molecule has 0 saturated carbocycles. The summed E-state index contributed by atoms with van der Waals surface area (Å²) in [5, 5.41) is 1.15. The van der Waals surface area contributed by atoms with Crippen molar-refractivity contribution in [1.82, 2.24) is 9.55 Å². The Hall–Kier alpha value is -3.16. The molecule has 32 heavy (non-hydrogen) atoms. The van der Waals surface area contributed by atoms with Crippen molar-refractivity contribution in [1.29, 1.82) is 0 Å². The fraction of sp³-hybridized carbons (Fsp3) is 0.200. The van der Waals surface area contributed by atoms with E-state index >= 15 is 0 Å². The summed E-state index contributed by atoms with van der Waals surface area (Å²) in [4.78, 5) is 18.3. The molecule has 0 radical (unpaired) electrons. The van der Waals surface area contributed by atoms with Crippen molar-refractivity contribution < 1.29 is 13.9 Å². The van der Waals surface area contributed by atoms with Crippen LogP contribution in [0.2, 0.25) is 0 Å². The van der Waals surface area contributed by atoms with Crippen LogP contribution in [0.3, 0.4) is 0 Å². The Balaban J connectivity index is 1.58. The van der Waals surface area contributed by atoms with Crippen LogP contribution in [0.4, 0.5) is 4.39 Å². The first kappa shape index (κ1) is 20.7. The minimum atomic E-state index is -0.338. The topological polar surface area (TPSA) is 53.4 Å². The lowest BCUT2D eigenvalue weighted by molar-refractivity contribution is -0.0171. The van der Waals surface area contributed by atoms with Crippen LogP contribution in [0, 0.1) is 5.82 Å². The van der Waals surface area contributed by atoms with E-state index in [1.165, 1.54) is 23.9 Å². The minimum absolute atomic E-state index is 0.0969. The lowest BCUT2D eigenvalue weighted by Crippen LogP contribution is -2.27. The smallest absolute Gasteiger partial charge is 0.262 e. The van der Waals surface area contributed by atoms with E-state index in [2.05, 4.69) is 0 Å². The summed E-state index contributed by atoms with van der Waals surface area (Å²) < 4.78 is 26.8. The van der Waals surface area contributed by atoms with Crippen molar-refractivity contribution in [2.24, 2.45) is 0 Å². The summed E-state index contributed by atoms with van der Waals surface area (Å²) >= 11 is 1.40. The molecule has 0 aliphatic carbocycles. The number of nitrogens with zero attached hydrogens (tertiary/aromatic N) is 2. The van der Waals surface area contributed by atoms with Gasteiger partial charge in [-0.15, -0.1) is 0 Å². The maximum atomic E-state index is 14.2. The molecule has 1 aliphatic rings. The maximum Gasteiger partial charge on any atom is 0.262 e. The van der Waals surface area contributed by atoms with Gasteiger partial charge in [0.15, 0.2) is 11.9 Å². The van der Waals surface area contributed by atoms with Crippen LogP contribution in [-0.2, 0) is 17.1 Å². The maximum absolute atomic E-state index is 14.2. The molecule has 7 heteroatoms. The number of thioether (sulfide) groups is 1. The van der Waals surface area contributed by atoms with Gasteiger partial charge >= 0.3 is 0 Å². The van der Waals surface area contributed by atoms with Crippen molar-refractivity contribution in [2.45, 2.75) is 30.5 Å². The molecule has 1 aromatic heterocycles. The average Bonchev–Trinajstić information content (AvgIpc) is 2.82. The van der Waals surface area contributed by atoms with E-state index in [0.717, 1.165) is 11.1 Å². The Bertz CT molecular complexity index is 1340. The molecular weight excluding hydrogens is 427 g/mol. The predicted molar refractivity (Wildman–Crippen MR) is 123 cm³/mol. The van der Waals surface area contributed by atoms with Gasteiger partial charge in [0, 0.05) is 16.9 Å². The van der Waals surface area contributed by atoms with Gasteiger partial charge in [-0.05, 0) is 36.8 Å². The summed E-state index contributed by atoms with van der Waals surface area (Å²) in [7, 11) is 0. The van der Waals surface area contributed by atoms with E-state index in [-0.39, 0.29) is 24.2 Å². The Morgan fingerprint density at radius 3 is 2.75 bits per heavy atom. The first-order valence-electron chi connectivity index (χ1n) is 10.3. The van der Waals surface area contributed by atoms with Gasteiger partial charge < -0.3 is 9.47 Å².